The number of hydrogen-bond acceptors (Lipinski definition) is 5. The molecule has 8 heteroatoms. The minimum Gasteiger partial charge on any atom is -0.507 e. The van der Waals surface area contributed by atoms with Crippen molar-refractivity contribution in [3.8, 4) is 0 Å². The number of halogens is 2. The van der Waals surface area contributed by atoms with Crippen LogP contribution >= 0.6 is 22.9 Å². The van der Waals surface area contributed by atoms with Crippen molar-refractivity contribution in [1.82, 2.24) is 4.98 Å². The second-order valence-corrected chi connectivity index (χ2v) is 7.32. The van der Waals surface area contributed by atoms with E-state index in [9.17, 15) is 19.1 Å². The molecule has 0 spiro atoms. The van der Waals surface area contributed by atoms with E-state index in [4.69, 9.17) is 11.6 Å². The van der Waals surface area contributed by atoms with Crippen LogP contribution in [0.15, 0.2) is 65.7 Å². The largest absolute Gasteiger partial charge is 0.507 e. The topological polar surface area (TPSA) is 70.5 Å². The molecule has 1 atom stereocenters. The fraction of sp³-hybridized carbons (Fsp3) is 0.0500. The van der Waals surface area contributed by atoms with Crippen LogP contribution in [0.2, 0.25) is 5.02 Å². The van der Waals surface area contributed by atoms with Gasteiger partial charge in [-0.15, -0.1) is 11.3 Å². The first-order chi connectivity index (χ1) is 13.5. The molecule has 1 aliphatic heterocycles. The van der Waals surface area contributed by atoms with Crippen LogP contribution in [0.25, 0.3) is 5.76 Å². The van der Waals surface area contributed by atoms with Gasteiger partial charge >= 0.3 is 5.91 Å². The van der Waals surface area contributed by atoms with Crippen molar-refractivity contribution in [3.05, 3.63) is 87.6 Å². The van der Waals surface area contributed by atoms with Gasteiger partial charge in [0.2, 0.25) is 0 Å². The van der Waals surface area contributed by atoms with Crippen LogP contribution in [0.4, 0.5) is 9.52 Å². The molecule has 0 unspecified atom stereocenters. The Morgan fingerprint density at radius 2 is 1.86 bits per heavy atom. The van der Waals surface area contributed by atoms with E-state index < -0.39 is 29.3 Å². The monoisotopic (exact) mass is 414 g/mol. The summed E-state index contributed by atoms with van der Waals surface area (Å²) in [6, 6.07) is 10.8. The predicted molar refractivity (Wildman–Crippen MR) is 105 cm³/mol. The summed E-state index contributed by atoms with van der Waals surface area (Å²) >= 11 is 7.02. The number of aliphatic hydroxyl groups excluding tert-OH is 1. The first-order valence-electron chi connectivity index (χ1n) is 8.20. The Morgan fingerprint density at radius 1 is 1.14 bits per heavy atom. The molecule has 2 aromatic carbocycles. The average molecular weight is 415 g/mol. The number of benzene rings is 2. The van der Waals surface area contributed by atoms with E-state index >= 15 is 0 Å². The highest BCUT2D eigenvalue weighted by molar-refractivity contribution is 7.14. The van der Waals surface area contributed by atoms with Crippen molar-refractivity contribution >= 4 is 45.5 Å². The minimum absolute atomic E-state index is 0.0902. The molecule has 1 aromatic heterocycles. The lowest BCUT2D eigenvalue weighted by Gasteiger charge is -2.23. The number of amides is 1. The molecular formula is C20H12ClFN2O3S. The van der Waals surface area contributed by atoms with Crippen LogP contribution in [0.5, 0.6) is 0 Å². The Morgan fingerprint density at radius 3 is 2.50 bits per heavy atom. The fourth-order valence-electron chi connectivity index (χ4n) is 3.12. The molecule has 140 valence electrons. The molecule has 28 heavy (non-hydrogen) atoms. The van der Waals surface area contributed by atoms with Gasteiger partial charge in [-0.3, -0.25) is 14.5 Å². The number of rotatable bonds is 3. The quantitative estimate of drug-likeness (QED) is 0.387. The number of nitrogens with zero attached hydrogens (tertiary/aromatic N) is 2. The molecule has 4 rings (SSSR count). The Kier molecular flexibility index (Phi) is 4.70. The van der Waals surface area contributed by atoms with Crippen LogP contribution in [0, 0.1) is 5.82 Å². The molecule has 1 aliphatic rings. The number of aliphatic hydroxyl groups is 1. The van der Waals surface area contributed by atoms with Gasteiger partial charge in [0.15, 0.2) is 5.13 Å². The summed E-state index contributed by atoms with van der Waals surface area (Å²) in [5.74, 6) is -2.78. The lowest BCUT2D eigenvalue weighted by atomic mass is 9.95. The number of ketones is 1. The van der Waals surface area contributed by atoms with E-state index in [-0.39, 0.29) is 16.3 Å². The standard InChI is InChI=1S/C20H12ClFN2O3S/c21-12-7-5-11(6-8-12)17(25)15-16(13-3-1-2-4-14(13)22)24(19(27)18(15)26)20-23-9-10-28-20/h1-10,16,25H/t16-/m1/s1. The molecule has 1 N–H and O–H groups in total. The Bertz CT molecular complexity index is 1100. The van der Waals surface area contributed by atoms with Crippen LogP contribution in [-0.2, 0) is 9.59 Å². The van der Waals surface area contributed by atoms with Crippen molar-refractivity contribution in [3.63, 3.8) is 0 Å². The second-order valence-electron chi connectivity index (χ2n) is 6.01. The molecule has 0 saturated carbocycles. The fourth-order valence-corrected chi connectivity index (χ4v) is 3.91. The first-order valence-corrected chi connectivity index (χ1v) is 9.45. The van der Waals surface area contributed by atoms with Gasteiger partial charge in [-0.05, 0) is 30.3 Å². The maximum atomic E-state index is 14.6. The molecule has 0 aliphatic carbocycles. The summed E-state index contributed by atoms with van der Waals surface area (Å²) in [5, 5.41) is 13.2. The number of carbonyl (C=O) groups excluding carboxylic acids is 2. The van der Waals surface area contributed by atoms with Gasteiger partial charge in [-0.25, -0.2) is 9.37 Å². The van der Waals surface area contributed by atoms with E-state index in [0.29, 0.717) is 10.6 Å². The van der Waals surface area contributed by atoms with Gasteiger partial charge in [0.25, 0.3) is 5.78 Å². The summed E-state index contributed by atoms with van der Waals surface area (Å²) in [7, 11) is 0. The smallest absolute Gasteiger partial charge is 0.301 e. The number of anilines is 1. The Balaban J connectivity index is 1.96. The highest BCUT2D eigenvalue weighted by Gasteiger charge is 2.48. The summed E-state index contributed by atoms with van der Waals surface area (Å²) in [4.78, 5) is 30.8. The number of thiazole rings is 1. The van der Waals surface area contributed by atoms with Crippen molar-refractivity contribution in [1.29, 1.82) is 0 Å². The zero-order chi connectivity index (χ0) is 19.8. The van der Waals surface area contributed by atoms with Crippen LogP contribution < -0.4 is 4.90 Å². The maximum Gasteiger partial charge on any atom is 0.301 e. The summed E-state index contributed by atoms with van der Waals surface area (Å²) in [5.41, 5.74) is 0.183. The van der Waals surface area contributed by atoms with Crippen LogP contribution in [-0.4, -0.2) is 21.8 Å². The second kappa shape index (κ2) is 7.18. The number of hydrogen-bond donors (Lipinski definition) is 1. The van der Waals surface area contributed by atoms with Gasteiger partial charge in [0.05, 0.1) is 5.57 Å². The van der Waals surface area contributed by atoms with Crippen molar-refractivity contribution in [2.45, 2.75) is 6.04 Å². The molecule has 3 aromatic rings. The zero-order valence-electron chi connectivity index (χ0n) is 14.2. The number of carbonyl (C=O) groups is 2. The van der Waals surface area contributed by atoms with E-state index in [1.54, 1.807) is 23.6 Å². The molecule has 0 radical (unpaired) electrons. The summed E-state index contributed by atoms with van der Waals surface area (Å²) in [6.45, 7) is 0. The lowest BCUT2D eigenvalue weighted by Crippen LogP contribution is -2.29. The third-order valence-electron chi connectivity index (χ3n) is 4.39. The molecule has 1 amide bonds. The normalized spacial score (nSPS) is 18.6. The minimum atomic E-state index is -1.14. The molecule has 1 fully saturated rings. The number of aromatic nitrogens is 1. The molecule has 0 bridgehead atoms. The molecular weight excluding hydrogens is 403 g/mol. The third kappa shape index (κ3) is 2.98. The maximum absolute atomic E-state index is 14.6. The van der Waals surface area contributed by atoms with Gasteiger partial charge in [0.1, 0.15) is 17.6 Å². The van der Waals surface area contributed by atoms with Gasteiger partial charge < -0.3 is 5.11 Å². The van der Waals surface area contributed by atoms with Gasteiger partial charge in [0, 0.05) is 27.7 Å². The van der Waals surface area contributed by atoms with Gasteiger partial charge in [-0.1, -0.05) is 29.8 Å². The molecule has 1 saturated heterocycles. The van der Waals surface area contributed by atoms with Crippen molar-refractivity contribution in [2.75, 3.05) is 4.90 Å². The van der Waals surface area contributed by atoms with E-state index in [2.05, 4.69) is 4.98 Å². The Hall–Kier alpha value is -3.03. The zero-order valence-corrected chi connectivity index (χ0v) is 15.7. The average Bonchev–Trinajstić information content (AvgIpc) is 3.30. The molecule has 5 nitrogen and oxygen atoms in total. The number of Topliss-reactive ketones (excluding diaryl/α,β-unsaturated/α-hetero) is 1. The third-order valence-corrected chi connectivity index (χ3v) is 5.41. The Labute approximate surface area is 168 Å². The van der Waals surface area contributed by atoms with Crippen LogP contribution in [0.1, 0.15) is 17.2 Å². The summed E-state index contributed by atoms with van der Waals surface area (Å²) < 4.78 is 14.6. The lowest BCUT2D eigenvalue weighted by molar-refractivity contribution is -0.132. The van der Waals surface area contributed by atoms with Crippen LogP contribution in [0.3, 0.4) is 0 Å². The summed E-state index contributed by atoms with van der Waals surface area (Å²) in [6.07, 6.45) is 1.48. The highest BCUT2D eigenvalue weighted by Crippen LogP contribution is 2.43. The first kappa shape index (κ1) is 18.3. The van der Waals surface area contributed by atoms with Gasteiger partial charge in [-0.2, -0.15) is 0 Å². The highest BCUT2D eigenvalue weighted by atomic mass is 35.5. The van der Waals surface area contributed by atoms with E-state index in [1.165, 1.54) is 36.5 Å². The predicted octanol–water partition coefficient (Wildman–Crippen LogP) is 4.56. The molecule has 2 heterocycles. The van der Waals surface area contributed by atoms with E-state index in [1.807, 2.05) is 0 Å². The van der Waals surface area contributed by atoms with Crippen molar-refractivity contribution in [2.24, 2.45) is 0 Å². The van der Waals surface area contributed by atoms with Crippen molar-refractivity contribution < 1.29 is 19.1 Å². The van der Waals surface area contributed by atoms with E-state index in [0.717, 1.165) is 16.2 Å². The SMILES string of the molecule is O=C1C(=O)N(c2nccs2)[C@H](c2ccccc2F)C1=C(O)c1ccc(Cl)cc1.